The minimum atomic E-state index is 0.307. The van der Waals surface area contributed by atoms with Gasteiger partial charge in [0, 0.05) is 29.0 Å². The molecule has 2 N–H and O–H groups in total. The number of nitrogens with two attached hydrogens (primary N) is 1. The van der Waals surface area contributed by atoms with Gasteiger partial charge in [0.2, 0.25) is 0 Å². The third-order valence-electron chi connectivity index (χ3n) is 2.88. The van der Waals surface area contributed by atoms with E-state index in [1.165, 1.54) is 9.35 Å². The zero-order valence-electron chi connectivity index (χ0n) is 9.36. The van der Waals surface area contributed by atoms with Crippen LogP contribution in [0.1, 0.15) is 17.8 Å². The average molecular weight is 305 g/mol. The van der Waals surface area contributed by atoms with E-state index in [1.54, 1.807) is 11.3 Å². The summed E-state index contributed by atoms with van der Waals surface area (Å²) >= 11 is 5.35. The highest BCUT2D eigenvalue weighted by molar-refractivity contribution is 9.10. The molecule has 0 amide bonds. The van der Waals surface area contributed by atoms with Crippen LogP contribution in [0.4, 0.5) is 0 Å². The third kappa shape index (κ3) is 2.65. The van der Waals surface area contributed by atoms with Crippen LogP contribution in [-0.2, 0) is 4.74 Å². The molecule has 0 aliphatic carbocycles. The SMILES string of the molecule is CC1CN(C(CN)c2sccc2Br)CCO1. The number of ether oxygens (including phenoxy) is 1. The second-order valence-electron chi connectivity index (χ2n) is 4.06. The number of nitrogens with zero attached hydrogens (tertiary/aromatic N) is 1. The summed E-state index contributed by atoms with van der Waals surface area (Å²) in [4.78, 5) is 3.75. The largest absolute Gasteiger partial charge is 0.376 e. The maximum atomic E-state index is 5.91. The minimum Gasteiger partial charge on any atom is -0.376 e. The smallest absolute Gasteiger partial charge is 0.0674 e. The number of halogens is 1. The Morgan fingerprint density at radius 1 is 1.75 bits per heavy atom. The molecule has 90 valence electrons. The van der Waals surface area contributed by atoms with E-state index in [4.69, 9.17) is 10.5 Å². The van der Waals surface area contributed by atoms with E-state index >= 15 is 0 Å². The second-order valence-corrected chi connectivity index (χ2v) is 5.86. The van der Waals surface area contributed by atoms with E-state index in [2.05, 4.69) is 39.2 Å². The van der Waals surface area contributed by atoms with Gasteiger partial charge in [-0.3, -0.25) is 4.90 Å². The summed E-state index contributed by atoms with van der Waals surface area (Å²) < 4.78 is 6.73. The van der Waals surface area contributed by atoms with Crippen molar-refractivity contribution < 1.29 is 4.74 Å². The molecule has 1 aromatic rings. The summed E-state index contributed by atoms with van der Waals surface area (Å²) in [6.45, 7) is 5.51. The highest BCUT2D eigenvalue weighted by Crippen LogP contribution is 2.32. The lowest BCUT2D eigenvalue weighted by molar-refractivity contribution is -0.0328. The molecular formula is C11H17BrN2OS. The predicted octanol–water partition coefficient (Wildman–Crippen LogP) is 2.23. The summed E-state index contributed by atoms with van der Waals surface area (Å²) in [5.41, 5.74) is 5.91. The molecule has 2 heterocycles. The third-order valence-corrected chi connectivity index (χ3v) is 4.86. The molecule has 1 fully saturated rings. The molecule has 16 heavy (non-hydrogen) atoms. The standard InChI is InChI=1S/C11H17BrN2OS/c1-8-7-14(3-4-15-8)10(6-13)11-9(12)2-5-16-11/h2,5,8,10H,3-4,6-7,13H2,1H3. The van der Waals surface area contributed by atoms with Gasteiger partial charge in [-0.2, -0.15) is 0 Å². The minimum absolute atomic E-state index is 0.307. The van der Waals surface area contributed by atoms with E-state index < -0.39 is 0 Å². The van der Waals surface area contributed by atoms with Gasteiger partial charge >= 0.3 is 0 Å². The second kappa shape index (κ2) is 5.60. The maximum Gasteiger partial charge on any atom is 0.0674 e. The lowest BCUT2D eigenvalue weighted by Gasteiger charge is -2.36. The normalized spacial score (nSPS) is 24.6. The van der Waals surface area contributed by atoms with Crippen LogP contribution in [0, 0.1) is 0 Å². The molecule has 0 radical (unpaired) electrons. The Labute approximate surface area is 109 Å². The van der Waals surface area contributed by atoms with Crippen LogP contribution >= 0.6 is 27.3 Å². The lowest BCUT2D eigenvalue weighted by atomic mass is 10.1. The Balaban J connectivity index is 2.13. The van der Waals surface area contributed by atoms with Crippen molar-refractivity contribution in [2.75, 3.05) is 26.2 Å². The molecule has 0 bridgehead atoms. The van der Waals surface area contributed by atoms with E-state index in [9.17, 15) is 0 Å². The Morgan fingerprint density at radius 2 is 2.56 bits per heavy atom. The zero-order chi connectivity index (χ0) is 11.5. The van der Waals surface area contributed by atoms with Gasteiger partial charge in [0.15, 0.2) is 0 Å². The lowest BCUT2D eigenvalue weighted by Crippen LogP contribution is -2.45. The molecule has 2 unspecified atom stereocenters. The van der Waals surface area contributed by atoms with Crippen molar-refractivity contribution in [3.8, 4) is 0 Å². The van der Waals surface area contributed by atoms with Crippen LogP contribution in [0.2, 0.25) is 0 Å². The van der Waals surface area contributed by atoms with Crippen molar-refractivity contribution in [2.45, 2.75) is 19.1 Å². The molecule has 2 atom stereocenters. The summed E-state index contributed by atoms with van der Waals surface area (Å²) in [5, 5.41) is 2.10. The zero-order valence-corrected chi connectivity index (χ0v) is 11.8. The van der Waals surface area contributed by atoms with E-state index in [-0.39, 0.29) is 0 Å². The fraction of sp³-hybridized carbons (Fsp3) is 0.636. The van der Waals surface area contributed by atoms with Crippen LogP contribution in [-0.4, -0.2) is 37.2 Å². The average Bonchev–Trinajstić information content (AvgIpc) is 2.67. The van der Waals surface area contributed by atoms with Crippen LogP contribution < -0.4 is 5.73 Å². The molecular weight excluding hydrogens is 288 g/mol. The summed E-state index contributed by atoms with van der Waals surface area (Å²) in [5.74, 6) is 0. The van der Waals surface area contributed by atoms with Crippen molar-refractivity contribution in [3.05, 3.63) is 20.8 Å². The monoisotopic (exact) mass is 304 g/mol. The highest BCUT2D eigenvalue weighted by Gasteiger charge is 2.26. The maximum absolute atomic E-state index is 5.91. The number of morpholine rings is 1. The van der Waals surface area contributed by atoms with Gasteiger partial charge in [-0.05, 0) is 34.3 Å². The first-order valence-corrected chi connectivity index (χ1v) is 7.18. The van der Waals surface area contributed by atoms with Gasteiger partial charge < -0.3 is 10.5 Å². The molecule has 0 aromatic carbocycles. The Hall–Kier alpha value is 0.0600. The molecule has 5 heteroatoms. The van der Waals surface area contributed by atoms with E-state index in [1.807, 2.05) is 0 Å². The molecule has 0 spiro atoms. The number of rotatable bonds is 3. The molecule has 1 aliphatic heterocycles. The number of hydrogen-bond donors (Lipinski definition) is 1. The Kier molecular flexibility index (Phi) is 4.38. The van der Waals surface area contributed by atoms with Crippen LogP contribution in [0.3, 0.4) is 0 Å². The predicted molar refractivity (Wildman–Crippen MR) is 70.8 cm³/mol. The van der Waals surface area contributed by atoms with Gasteiger partial charge in [0.1, 0.15) is 0 Å². The van der Waals surface area contributed by atoms with Crippen LogP contribution in [0.5, 0.6) is 0 Å². The summed E-state index contributed by atoms with van der Waals surface area (Å²) in [6.07, 6.45) is 0.307. The molecule has 0 saturated carbocycles. The first kappa shape index (κ1) is 12.5. The first-order chi connectivity index (χ1) is 7.72. The van der Waals surface area contributed by atoms with Crippen molar-refractivity contribution in [3.63, 3.8) is 0 Å². The van der Waals surface area contributed by atoms with Gasteiger partial charge in [0.25, 0.3) is 0 Å². The van der Waals surface area contributed by atoms with Crippen molar-refractivity contribution in [2.24, 2.45) is 5.73 Å². The van der Waals surface area contributed by atoms with Gasteiger partial charge in [-0.25, -0.2) is 0 Å². The van der Waals surface area contributed by atoms with Crippen molar-refractivity contribution >= 4 is 27.3 Å². The fourth-order valence-electron chi connectivity index (χ4n) is 2.09. The van der Waals surface area contributed by atoms with Gasteiger partial charge in [0.05, 0.1) is 18.8 Å². The van der Waals surface area contributed by atoms with Crippen molar-refractivity contribution in [1.29, 1.82) is 0 Å². The van der Waals surface area contributed by atoms with Crippen LogP contribution in [0.15, 0.2) is 15.9 Å². The molecule has 1 saturated heterocycles. The summed E-state index contributed by atoms with van der Waals surface area (Å²) in [6, 6.07) is 2.41. The molecule has 2 rings (SSSR count). The van der Waals surface area contributed by atoms with E-state index in [0.717, 1.165) is 19.7 Å². The van der Waals surface area contributed by atoms with E-state index in [0.29, 0.717) is 18.7 Å². The quantitative estimate of drug-likeness (QED) is 0.931. The topological polar surface area (TPSA) is 38.5 Å². The molecule has 3 nitrogen and oxygen atoms in total. The Morgan fingerprint density at radius 3 is 3.12 bits per heavy atom. The van der Waals surface area contributed by atoms with Gasteiger partial charge in [-0.15, -0.1) is 11.3 Å². The Bertz CT molecular complexity index is 344. The first-order valence-electron chi connectivity index (χ1n) is 5.51. The number of hydrogen-bond acceptors (Lipinski definition) is 4. The van der Waals surface area contributed by atoms with Crippen LogP contribution in [0.25, 0.3) is 0 Å². The molecule has 1 aromatic heterocycles. The summed E-state index contributed by atoms with van der Waals surface area (Å²) in [7, 11) is 0. The van der Waals surface area contributed by atoms with Gasteiger partial charge in [-0.1, -0.05) is 0 Å². The highest BCUT2D eigenvalue weighted by atomic mass is 79.9. The fourth-order valence-corrected chi connectivity index (χ4v) is 3.88. The number of thiophene rings is 1. The van der Waals surface area contributed by atoms with Crippen molar-refractivity contribution in [1.82, 2.24) is 4.90 Å². The molecule has 1 aliphatic rings.